The lowest BCUT2D eigenvalue weighted by Crippen LogP contribution is -2.39. The van der Waals surface area contributed by atoms with E-state index in [2.05, 4.69) is 4.74 Å². The number of ether oxygens (including phenoxy) is 1. The van der Waals surface area contributed by atoms with Gasteiger partial charge in [-0.25, -0.2) is 4.79 Å². The van der Waals surface area contributed by atoms with Crippen molar-refractivity contribution in [2.75, 3.05) is 20.7 Å². The Morgan fingerprint density at radius 1 is 1.58 bits per heavy atom. The van der Waals surface area contributed by atoms with Crippen LogP contribution in [0.1, 0.15) is 15.2 Å². The summed E-state index contributed by atoms with van der Waals surface area (Å²) in [5, 5.41) is 10.6. The van der Waals surface area contributed by atoms with Gasteiger partial charge in [0.1, 0.15) is 4.88 Å². The molecule has 0 radical (unpaired) electrons. The zero-order valence-electron chi connectivity index (χ0n) is 10.4. The predicted molar refractivity (Wildman–Crippen MR) is 64.1 cm³/mol. The van der Waals surface area contributed by atoms with Gasteiger partial charge >= 0.3 is 12.1 Å². The average molecular weight is 297 g/mol. The number of alkyl halides is 3. The Labute approximate surface area is 112 Å². The van der Waals surface area contributed by atoms with Crippen LogP contribution >= 0.6 is 11.3 Å². The van der Waals surface area contributed by atoms with Crippen LogP contribution in [0.2, 0.25) is 0 Å². The Balaban J connectivity index is 2.65. The third-order valence-corrected chi connectivity index (χ3v) is 3.36. The maximum atomic E-state index is 12.2. The van der Waals surface area contributed by atoms with E-state index in [0.29, 0.717) is 10.4 Å². The summed E-state index contributed by atoms with van der Waals surface area (Å²) in [7, 11) is 2.68. The summed E-state index contributed by atoms with van der Waals surface area (Å²) in [6.45, 7) is -0.430. The van der Waals surface area contributed by atoms with Gasteiger partial charge in [-0.1, -0.05) is 0 Å². The van der Waals surface area contributed by atoms with Crippen LogP contribution in [0.25, 0.3) is 0 Å². The van der Waals surface area contributed by atoms with Gasteiger partial charge in [0, 0.05) is 13.1 Å². The molecule has 0 aliphatic heterocycles. The molecule has 4 nitrogen and oxygen atoms in total. The number of methoxy groups -OCH3 is 1. The summed E-state index contributed by atoms with van der Waals surface area (Å²) in [6, 6.07) is 1.65. The highest BCUT2D eigenvalue weighted by atomic mass is 32.1. The van der Waals surface area contributed by atoms with E-state index in [1.54, 1.807) is 11.4 Å². The van der Waals surface area contributed by atoms with Crippen LogP contribution in [0.5, 0.6) is 0 Å². The van der Waals surface area contributed by atoms with Crippen molar-refractivity contribution >= 4 is 17.3 Å². The van der Waals surface area contributed by atoms with E-state index in [9.17, 15) is 18.0 Å². The van der Waals surface area contributed by atoms with Crippen LogP contribution in [0, 0.1) is 0 Å². The first-order chi connectivity index (χ1) is 8.75. The average Bonchev–Trinajstić information content (AvgIpc) is 2.74. The summed E-state index contributed by atoms with van der Waals surface area (Å²) >= 11 is 1.16. The normalized spacial score (nSPS) is 13.6. The summed E-state index contributed by atoms with van der Waals surface area (Å²) in [5.74, 6) is -0.519. The summed E-state index contributed by atoms with van der Waals surface area (Å²) in [6.07, 6.45) is -7.05. The second kappa shape index (κ2) is 6.36. The lowest BCUT2D eigenvalue weighted by molar-refractivity contribution is -0.207. The Morgan fingerprint density at radius 3 is 2.74 bits per heavy atom. The van der Waals surface area contributed by atoms with Crippen molar-refractivity contribution in [2.24, 2.45) is 0 Å². The first-order valence-electron chi connectivity index (χ1n) is 5.33. The van der Waals surface area contributed by atoms with Gasteiger partial charge in [0.2, 0.25) is 0 Å². The monoisotopic (exact) mass is 297 g/mol. The summed E-state index contributed by atoms with van der Waals surface area (Å²) in [5.41, 5.74) is 0.578. The molecule has 1 atom stereocenters. The molecular formula is C11H14F3NO3S. The molecule has 0 bridgehead atoms. The number of carbonyl (C=O) groups excluding carboxylic acids is 1. The maximum absolute atomic E-state index is 12.2. The van der Waals surface area contributed by atoms with Gasteiger partial charge in [-0.3, -0.25) is 4.90 Å². The van der Waals surface area contributed by atoms with Gasteiger partial charge < -0.3 is 9.84 Å². The van der Waals surface area contributed by atoms with Gasteiger partial charge in [0.05, 0.1) is 7.11 Å². The zero-order valence-corrected chi connectivity index (χ0v) is 11.2. The Bertz CT molecular complexity index is 433. The van der Waals surface area contributed by atoms with Gasteiger partial charge in [-0.15, -0.1) is 11.3 Å². The molecule has 1 unspecified atom stereocenters. The van der Waals surface area contributed by atoms with Crippen molar-refractivity contribution in [2.45, 2.75) is 18.8 Å². The number of likely N-dealkylation sites (N-methyl/N-ethyl adjacent to an activating group) is 1. The van der Waals surface area contributed by atoms with Gasteiger partial charge in [0.25, 0.3) is 0 Å². The number of aliphatic hydroxyl groups is 1. The molecule has 19 heavy (non-hydrogen) atoms. The number of carbonyl (C=O) groups is 1. The molecule has 1 heterocycles. The van der Waals surface area contributed by atoms with Gasteiger partial charge in [0.15, 0.2) is 6.10 Å². The Hall–Kier alpha value is -1.12. The second-order valence-corrected chi connectivity index (χ2v) is 4.94. The van der Waals surface area contributed by atoms with Crippen molar-refractivity contribution in [1.82, 2.24) is 4.90 Å². The quantitative estimate of drug-likeness (QED) is 0.843. The van der Waals surface area contributed by atoms with E-state index in [4.69, 9.17) is 5.11 Å². The van der Waals surface area contributed by atoms with Crippen LogP contribution in [0.3, 0.4) is 0 Å². The van der Waals surface area contributed by atoms with E-state index < -0.39 is 24.8 Å². The van der Waals surface area contributed by atoms with Crippen molar-refractivity contribution < 1.29 is 27.8 Å². The lowest BCUT2D eigenvalue weighted by Gasteiger charge is -2.22. The number of esters is 1. The number of hydrogen-bond acceptors (Lipinski definition) is 5. The second-order valence-electron chi connectivity index (χ2n) is 4.02. The van der Waals surface area contributed by atoms with Crippen LogP contribution < -0.4 is 0 Å². The number of hydrogen-bond donors (Lipinski definition) is 1. The van der Waals surface area contributed by atoms with Crippen molar-refractivity contribution in [1.29, 1.82) is 0 Å². The molecule has 0 aromatic carbocycles. The fourth-order valence-corrected chi connectivity index (χ4v) is 2.32. The van der Waals surface area contributed by atoms with E-state index >= 15 is 0 Å². The first-order valence-corrected chi connectivity index (χ1v) is 6.21. The van der Waals surface area contributed by atoms with Crippen LogP contribution in [-0.2, 0) is 11.3 Å². The minimum absolute atomic E-state index is 0.126. The summed E-state index contributed by atoms with van der Waals surface area (Å²) < 4.78 is 41.2. The fraction of sp³-hybridized carbons (Fsp3) is 0.545. The molecular weight excluding hydrogens is 283 g/mol. The molecule has 0 saturated carbocycles. The number of aliphatic hydroxyl groups excluding tert-OH is 1. The summed E-state index contributed by atoms with van der Waals surface area (Å²) in [4.78, 5) is 13.1. The number of nitrogens with zero attached hydrogens (tertiary/aromatic N) is 1. The third kappa shape index (κ3) is 4.48. The molecule has 0 aliphatic rings. The molecule has 0 aliphatic carbocycles. The molecule has 0 amide bonds. The number of halogens is 3. The molecule has 0 spiro atoms. The van der Waals surface area contributed by atoms with Crippen LogP contribution in [-0.4, -0.2) is 49.0 Å². The topological polar surface area (TPSA) is 49.8 Å². The van der Waals surface area contributed by atoms with E-state index in [0.717, 1.165) is 11.3 Å². The minimum Gasteiger partial charge on any atom is -0.465 e. The zero-order chi connectivity index (χ0) is 14.6. The molecule has 0 saturated heterocycles. The molecule has 1 aromatic rings. The predicted octanol–water partition coefficient (Wildman–Crippen LogP) is 1.89. The molecule has 1 N–H and O–H groups in total. The third-order valence-electron chi connectivity index (χ3n) is 2.42. The molecule has 1 aromatic heterocycles. The SMILES string of the molecule is COC(=O)c1sccc1CN(C)CC(O)C(F)(F)F. The molecule has 0 fully saturated rings. The maximum Gasteiger partial charge on any atom is 0.415 e. The van der Waals surface area contributed by atoms with E-state index in [1.165, 1.54) is 19.1 Å². The van der Waals surface area contributed by atoms with E-state index in [1.807, 2.05) is 0 Å². The lowest BCUT2D eigenvalue weighted by atomic mass is 10.2. The largest absolute Gasteiger partial charge is 0.465 e. The highest BCUT2D eigenvalue weighted by Crippen LogP contribution is 2.22. The van der Waals surface area contributed by atoms with Crippen molar-refractivity contribution in [3.63, 3.8) is 0 Å². The Morgan fingerprint density at radius 2 is 2.21 bits per heavy atom. The highest BCUT2D eigenvalue weighted by Gasteiger charge is 2.38. The van der Waals surface area contributed by atoms with E-state index in [-0.39, 0.29) is 6.54 Å². The molecule has 8 heteroatoms. The van der Waals surface area contributed by atoms with Crippen LogP contribution in [0.15, 0.2) is 11.4 Å². The molecule has 1 rings (SSSR count). The Kier molecular flexibility index (Phi) is 5.33. The number of rotatable bonds is 5. The van der Waals surface area contributed by atoms with Gasteiger partial charge in [-0.2, -0.15) is 13.2 Å². The molecule has 108 valence electrons. The van der Waals surface area contributed by atoms with Crippen molar-refractivity contribution in [3.8, 4) is 0 Å². The smallest absolute Gasteiger partial charge is 0.415 e. The van der Waals surface area contributed by atoms with Crippen LogP contribution in [0.4, 0.5) is 13.2 Å². The number of thiophene rings is 1. The standard InChI is InChI=1S/C11H14F3NO3S/c1-15(6-8(16)11(12,13)14)5-7-3-4-19-9(7)10(17)18-2/h3-4,8,16H,5-6H2,1-2H3. The highest BCUT2D eigenvalue weighted by molar-refractivity contribution is 7.12. The fourth-order valence-electron chi connectivity index (χ4n) is 1.49. The van der Waals surface area contributed by atoms with Gasteiger partial charge in [-0.05, 0) is 24.1 Å². The minimum atomic E-state index is -4.64. The first kappa shape index (κ1) is 15.9. The van der Waals surface area contributed by atoms with Crippen molar-refractivity contribution in [3.05, 3.63) is 21.9 Å².